The van der Waals surface area contributed by atoms with E-state index < -0.39 is 10.8 Å². The molecule has 0 unspecified atom stereocenters. The van der Waals surface area contributed by atoms with Crippen molar-refractivity contribution in [3.63, 3.8) is 0 Å². The van der Waals surface area contributed by atoms with E-state index in [-0.39, 0.29) is 17.2 Å². The Kier molecular flexibility index (Phi) is 5.49. The zero-order chi connectivity index (χ0) is 24.5. The van der Waals surface area contributed by atoms with Gasteiger partial charge in [0, 0.05) is 17.7 Å². The number of anilines is 1. The van der Waals surface area contributed by atoms with Crippen molar-refractivity contribution in [2.75, 3.05) is 5.32 Å². The Balaban J connectivity index is 1.50. The van der Waals surface area contributed by atoms with E-state index in [2.05, 4.69) is 25.5 Å². The van der Waals surface area contributed by atoms with E-state index in [1.165, 1.54) is 29.0 Å². The summed E-state index contributed by atoms with van der Waals surface area (Å²) >= 11 is 0. The van der Waals surface area contributed by atoms with Gasteiger partial charge in [0.15, 0.2) is 0 Å². The second-order valence-corrected chi connectivity index (χ2v) is 7.95. The van der Waals surface area contributed by atoms with Crippen LogP contribution in [0.3, 0.4) is 0 Å². The van der Waals surface area contributed by atoms with Crippen molar-refractivity contribution in [1.82, 2.24) is 29.4 Å². The maximum Gasteiger partial charge on any atom is 0.274 e. The molecule has 35 heavy (non-hydrogen) atoms. The summed E-state index contributed by atoms with van der Waals surface area (Å²) < 4.78 is 3.17. The molecule has 0 aliphatic heterocycles. The molecule has 2 aromatic carbocycles. The second kappa shape index (κ2) is 8.78. The van der Waals surface area contributed by atoms with Crippen LogP contribution in [0.1, 0.15) is 27.4 Å². The number of carbonyl (C=O) groups is 1. The molecule has 3 heterocycles. The van der Waals surface area contributed by atoms with Gasteiger partial charge in [-0.2, -0.15) is 19.7 Å². The van der Waals surface area contributed by atoms with E-state index >= 15 is 0 Å². The molecule has 1 amide bonds. The van der Waals surface area contributed by atoms with E-state index in [0.29, 0.717) is 29.2 Å². The van der Waals surface area contributed by atoms with Gasteiger partial charge in [-0.1, -0.05) is 42.5 Å². The third kappa shape index (κ3) is 4.22. The molecule has 0 atom stereocenters. The number of nitrogens with zero attached hydrogens (tertiary/aromatic N) is 7. The highest BCUT2D eigenvalue weighted by atomic mass is 16.6. The summed E-state index contributed by atoms with van der Waals surface area (Å²) in [7, 11) is 0. The lowest BCUT2D eigenvalue weighted by molar-refractivity contribution is -0.384. The highest BCUT2D eigenvalue weighted by Gasteiger charge is 2.20. The molecule has 3 aromatic heterocycles. The van der Waals surface area contributed by atoms with E-state index in [9.17, 15) is 14.9 Å². The minimum Gasteiger partial charge on any atom is -0.317 e. The third-order valence-electron chi connectivity index (χ3n) is 5.63. The predicted octanol–water partition coefficient (Wildman–Crippen LogP) is 3.81. The van der Waals surface area contributed by atoms with E-state index in [1.807, 2.05) is 48.9 Å². The molecule has 0 saturated carbocycles. The van der Waals surface area contributed by atoms with Gasteiger partial charge in [0.25, 0.3) is 17.4 Å². The molecule has 5 aromatic rings. The van der Waals surface area contributed by atoms with Crippen LogP contribution < -0.4 is 5.32 Å². The number of nitrogens with one attached hydrogen (secondary N) is 1. The Bertz CT molecular complexity index is 1570. The minimum absolute atomic E-state index is 0.0753. The van der Waals surface area contributed by atoms with Crippen LogP contribution in [-0.2, 0) is 6.54 Å². The van der Waals surface area contributed by atoms with Crippen LogP contribution in [0.15, 0.2) is 67.0 Å². The van der Waals surface area contributed by atoms with Crippen molar-refractivity contribution in [2.24, 2.45) is 0 Å². The fourth-order valence-corrected chi connectivity index (χ4v) is 3.87. The van der Waals surface area contributed by atoms with Gasteiger partial charge in [0.1, 0.15) is 12.0 Å². The topological polar surface area (TPSA) is 133 Å². The number of hydrogen-bond acceptors (Lipinski definition) is 7. The van der Waals surface area contributed by atoms with E-state index in [0.717, 1.165) is 11.3 Å². The van der Waals surface area contributed by atoms with Crippen LogP contribution >= 0.6 is 0 Å². The van der Waals surface area contributed by atoms with Crippen LogP contribution in [0, 0.1) is 24.0 Å². The molecule has 0 saturated heterocycles. The Morgan fingerprint density at radius 2 is 1.89 bits per heavy atom. The minimum atomic E-state index is -0.481. The summed E-state index contributed by atoms with van der Waals surface area (Å²) in [5, 5.41) is 22.9. The first-order chi connectivity index (χ1) is 16.9. The average molecular weight is 468 g/mol. The molecule has 5 rings (SSSR count). The van der Waals surface area contributed by atoms with Gasteiger partial charge in [-0.05, 0) is 25.5 Å². The molecule has 0 fully saturated rings. The molecular formula is C24H20N8O3. The van der Waals surface area contributed by atoms with E-state index in [4.69, 9.17) is 0 Å². The molecule has 0 spiro atoms. The molecular weight excluding hydrogens is 448 g/mol. The Morgan fingerprint density at radius 3 is 2.66 bits per heavy atom. The maximum atomic E-state index is 13.4. The molecule has 0 radical (unpaired) electrons. The quantitative estimate of drug-likeness (QED) is 0.296. The maximum absolute atomic E-state index is 13.4. The number of aromatic nitrogens is 6. The highest BCUT2D eigenvalue weighted by Crippen LogP contribution is 2.25. The normalized spacial score (nSPS) is 11.0. The number of amides is 1. The first-order valence-corrected chi connectivity index (χ1v) is 10.8. The molecule has 11 nitrogen and oxygen atoms in total. The molecule has 0 bridgehead atoms. The average Bonchev–Trinajstić information content (AvgIpc) is 3.44. The van der Waals surface area contributed by atoms with Crippen molar-refractivity contribution >= 4 is 23.1 Å². The lowest BCUT2D eigenvalue weighted by atomic mass is 10.1. The summed E-state index contributed by atoms with van der Waals surface area (Å²) in [4.78, 5) is 32.6. The summed E-state index contributed by atoms with van der Waals surface area (Å²) in [6.45, 7) is 4.30. The van der Waals surface area contributed by atoms with Crippen LogP contribution in [0.5, 0.6) is 0 Å². The molecule has 11 heteroatoms. The smallest absolute Gasteiger partial charge is 0.274 e. The number of benzene rings is 2. The number of aryl methyl sites for hydroxylation is 1. The number of rotatable bonds is 6. The zero-order valence-electron chi connectivity index (χ0n) is 18.9. The largest absolute Gasteiger partial charge is 0.317 e. The lowest BCUT2D eigenvalue weighted by Crippen LogP contribution is -2.18. The van der Waals surface area contributed by atoms with Crippen LogP contribution in [0.2, 0.25) is 0 Å². The summed E-state index contributed by atoms with van der Waals surface area (Å²) in [5.74, 6) is -0.229. The Morgan fingerprint density at radius 1 is 1.09 bits per heavy atom. The Labute approximate surface area is 199 Å². The first kappa shape index (κ1) is 21.9. The van der Waals surface area contributed by atoms with Gasteiger partial charge in [0.05, 0.1) is 34.2 Å². The van der Waals surface area contributed by atoms with Crippen molar-refractivity contribution in [2.45, 2.75) is 20.4 Å². The predicted molar refractivity (Wildman–Crippen MR) is 128 cm³/mol. The number of non-ortho nitro benzene ring substituents is 1. The highest BCUT2D eigenvalue weighted by molar-refractivity contribution is 6.04. The van der Waals surface area contributed by atoms with Gasteiger partial charge in [-0.3, -0.25) is 19.6 Å². The number of nitro benzene ring substituents is 1. The van der Waals surface area contributed by atoms with Crippen LogP contribution in [-0.4, -0.2) is 40.2 Å². The monoisotopic (exact) mass is 468 g/mol. The fraction of sp³-hybridized carbons (Fsp3) is 0.125. The molecule has 0 aliphatic rings. The lowest BCUT2D eigenvalue weighted by Gasteiger charge is -2.10. The van der Waals surface area contributed by atoms with Gasteiger partial charge >= 0.3 is 0 Å². The Hall–Kier alpha value is -4.93. The van der Waals surface area contributed by atoms with Crippen LogP contribution in [0.4, 0.5) is 11.4 Å². The standard InChI is InChI=1S/C24H20N8O3/c1-15-22(16(2)30(29-15)13-17-7-4-3-5-8-17)28-23(33)21-12-20(27-24-25-14-26-31(21)24)18-9-6-10-19(11-18)32(34)35/h3-12,14H,13H2,1-2H3,(H,28,33). The molecule has 1 N–H and O–H groups in total. The van der Waals surface area contributed by atoms with Crippen molar-refractivity contribution < 1.29 is 9.72 Å². The van der Waals surface area contributed by atoms with Gasteiger partial charge < -0.3 is 5.32 Å². The number of fused-ring (bicyclic) bond motifs is 1. The van der Waals surface area contributed by atoms with Gasteiger partial charge in [0.2, 0.25) is 0 Å². The van der Waals surface area contributed by atoms with Crippen molar-refractivity contribution in [3.05, 3.63) is 99.8 Å². The zero-order valence-corrected chi connectivity index (χ0v) is 18.9. The summed E-state index contributed by atoms with van der Waals surface area (Å²) in [6, 6.07) is 17.5. The van der Waals surface area contributed by atoms with E-state index in [1.54, 1.807) is 12.1 Å². The fourth-order valence-electron chi connectivity index (χ4n) is 3.87. The summed E-state index contributed by atoms with van der Waals surface area (Å²) in [6.07, 6.45) is 1.30. The number of carbonyl (C=O) groups excluding carboxylic acids is 1. The van der Waals surface area contributed by atoms with Crippen molar-refractivity contribution in [1.29, 1.82) is 0 Å². The second-order valence-electron chi connectivity index (χ2n) is 7.95. The number of nitro groups is 1. The molecule has 0 aliphatic carbocycles. The summed E-state index contributed by atoms with van der Waals surface area (Å²) in [5.41, 5.74) is 4.15. The molecule has 174 valence electrons. The first-order valence-electron chi connectivity index (χ1n) is 10.8. The van der Waals surface area contributed by atoms with Crippen LogP contribution in [0.25, 0.3) is 17.0 Å². The third-order valence-corrected chi connectivity index (χ3v) is 5.63. The van der Waals surface area contributed by atoms with Gasteiger partial charge in [-0.15, -0.1) is 0 Å². The number of hydrogen-bond donors (Lipinski definition) is 1. The van der Waals surface area contributed by atoms with Crippen molar-refractivity contribution in [3.8, 4) is 11.3 Å². The SMILES string of the molecule is Cc1nn(Cc2ccccc2)c(C)c1NC(=O)c1cc(-c2cccc([N+](=O)[O-])c2)nc2ncnn12. The van der Waals surface area contributed by atoms with Gasteiger partial charge in [-0.25, -0.2) is 4.98 Å².